The molecule has 5 nitrogen and oxygen atoms in total. The van der Waals surface area contributed by atoms with E-state index in [2.05, 4.69) is 21.2 Å². The van der Waals surface area contributed by atoms with Crippen LogP contribution in [0.3, 0.4) is 0 Å². The predicted octanol–water partition coefficient (Wildman–Crippen LogP) is 2.64. The molecule has 1 heterocycles. The van der Waals surface area contributed by atoms with Gasteiger partial charge in [-0.25, -0.2) is 0 Å². The van der Waals surface area contributed by atoms with Gasteiger partial charge in [-0.2, -0.15) is 0 Å². The maximum absolute atomic E-state index is 12.5. The van der Waals surface area contributed by atoms with E-state index in [1.54, 1.807) is 19.1 Å². The molecular weight excluding hydrogens is 338 g/mol. The number of amides is 1. The van der Waals surface area contributed by atoms with Crippen LogP contribution in [0.4, 0.5) is 5.69 Å². The average molecular weight is 352 g/mol. The number of ketones is 1. The number of hydrogen-bond acceptors (Lipinski definition) is 4. The minimum Gasteiger partial charge on any atom is -0.465 e. The Morgan fingerprint density at radius 3 is 2.71 bits per heavy atom. The summed E-state index contributed by atoms with van der Waals surface area (Å²) in [5.41, 5.74) is 1.89. The highest BCUT2D eigenvalue weighted by atomic mass is 79.9. The van der Waals surface area contributed by atoms with Gasteiger partial charge in [0.25, 0.3) is 0 Å². The van der Waals surface area contributed by atoms with Crippen LogP contribution in [-0.2, 0) is 14.3 Å². The molecule has 1 aromatic carbocycles. The standard InChI is InChI=1S/C15H14BrNO4/c1-2-21-15(20)11-13(18)8-5-6-9(16)10(7-3-4-7)12(8)17-14(11)19/h5-7,11H,2-4H2,1H3,(H,17,19). The number of ether oxygens (including phenoxy) is 1. The van der Waals surface area contributed by atoms with E-state index in [1.165, 1.54) is 0 Å². The van der Waals surface area contributed by atoms with Crippen LogP contribution in [0.2, 0.25) is 0 Å². The summed E-state index contributed by atoms with van der Waals surface area (Å²) < 4.78 is 5.70. The molecule has 0 radical (unpaired) electrons. The van der Waals surface area contributed by atoms with Crippen LogP contribution in [0.15, 0.2) is 16.6 Å². The molecule has 0 spiro atoms. The highest BCUT2D eigenvalue weighted by Gasteiger charge is 2.43. The van der Waals surface area contributed by atoms with E-state index < -0.39 is 23.6 Å². The smallest absolute Gasteiger partial charge is 0.326 e. The van der Waals surface area contributed by atoms with Gasteiger partial charge in [0.15, 0.2) is 11.7 Å². The van der Waals surface area contributed by atoms with E-state index in [4.69, 9.17) is 4.74 Å². The van der Waals surface area contributed by atoms with E-state index in [1.807, 2.05) is 0 Å². The van der Waals surface area contributed by atoms with Crippen molar-refractivity contribution in [2.75, 3.05) is 11.9 Å². The molecular formula is C15H14BrNO4. The number of halogens is 1. The molecule has 0 aromatic heterocycles. The summed E-state index contributed by atoms with van der Waals surface area (Å²) in [6.07, 6.45) is 2.08. The van der Waals surface area contributed by atoms with E-state index in [-0.39, 0.29) is 6.61 Å². The average Bonchev–Trinajstić information content (AvgIpc) is 3.23. The van der Waals surface area contributed by atoms with Crippen LogP contribution in [0, 0.1) is 5.92 Å². The first-order chi connectivity index (χ1) is 10.0. The summed E-state index contributed by atoms with van der Waals surface area (Å²) in [4.78, 5) is 36.4. The normalized spacial score (nSPS) is 20.8. The third kappa shape index (κ3) is 2.37. The summed E-state index contributed by atoms with van der Waals surface area (Å²) in [6.45, 7) is 1.77. The number of hydrogen-bond donors (Lipinski definition) is 1. The molecule has 0 bridgehead atoms. The first kappa shape index (κ1) is 14.3. The van der Waals surface area contributed by atoms with Crippen molar-refractivity contribution in [3.63, 3.8) is 0 Å². The van der Waals surface area contributed by atoms with Gasteiger partial charge in [0.1, 0.15) is 0 Å². The first-order valence-electron chi connectivity index (χ1n) is 6.88. The van der Waals surface area contributed by atoms with Crippen molar-refractivity contribution in [3.8, 4) is 0 Å². The van der Waals surface area contributed by atoms with Gasteiger partial charge in [0.2, 0.25) is 5.91 Å². The molecule has 6 heteroatoms. The van der Waals surface area contributed by atoms with Crippen LogP contribution in [0.5, 0.6) is 0 Å². The summed E-state index contributed by atoms with van der Waals surface area (Å²) >= 11 is 3.47. The number of carbonyl (C=O) groups is 3. The molecule has 1 aliphatic carbocycles. The molecule has 1 N–H and O–H groups in total. The van der Waals surface area contributed by atoms with Crippen LogP contribution < -0.4 is 5.32 Å². The number of fused-ring (bicyclic) bond motifs is 1. The molecule has 110 valence electrons. The Kier molecular flexibility index (Phi) is 3.57. The third-order valence-electron chi connectivity index (χ3n) is 3.74. The molecule has 1 aromatic rings. The highest BCUT2D eigenvalue weighted by Crippen LogP contribution is 2.48. The van der Waals surface area contributed by atoms with Crippen molar-refractivity contribution in [1.29, 1.82) is 0 Å². The van der Waals surface area contributed by atoms with Gasteiger partial charge >= 0.3 is 5.97 Å². The largest absolute Gasteiger partial charge is 0.465 e. The van der Waals surface area contributed by atoms with Crippen LogP contribution in [0.1, 0.15) is 41.6 Å². The Morgan fingerprint density at radius 1 is 1.38 bits per heavy atom. The van der Waals surface area contributed by atoms with Gasteiger partial charge in [-0.15, -0.1) is 0 Å². The van der Waals surface area contributed by atoms with Crippen molar-refractivity contribution in [1.82, 2.24) is 0 Å². The van der Waals surface area contributed by atoms with E-state index in [0.29, 0.717) is 17.2 Å². The molecule has 1 saturated carbocycles. The maximum Gasteiger partial charge on any atom is 0.326 e. The van der Waals surface area contributed by atoms with Gasteiger partial charge < -0.3 is 10.1 Å². The van der Waals surface area contributed by atoms with Crippen LogP contribution in [-0.4, -0.2) is 24.3 Å². The van der Waals surface area contributed by atoms with Gasteiger partial charge in [0, 0.05) is 10.0 Å². The maximum atomic E-state index is 12.5. The SMILES string of the molecule is CCOC(=O)C1C(=O)Nc2c(ccc(Br)c2C2CC2)C1=O. The summed E-state index contributed by atoms with van der Waals surface area (Å²) in [6, 6.07) is 3.43. The zero-order valence-corrected chi connectivity index (χ0v) is 13.0. The van der Waals surface area contributed by atoms with Crippen LogP contribution >= 0.6 is 15.9 Å². The lowest BCUT2D eigenvalue weighted by atomic mass is 9.89. The lowest BCUT2D eigenvalue weighted by molar-refractivity contribution is -0.148. The van der Waals surface area contributed by atoms with Gasteiger partial charge in [0.05, 0.1) is 12.3 Å². The molecule has 1 fully saturated rings. The second-order valence-corrected chi connectivity index (χ2v) is 6.05. The Morgan fingerprint density at radius 2 is 2.10 bits per heavy atom. The van der Waals surface area contributed by atoms with Gasteiger partial charge in [-0.05, 0) is 43.4 Å². The fourth-order valence-corrected chi connectivity index (χ4v) is 3.27. The molecule has 21 heavy (non-hydrogen) atoms. The summed E-state index contributed by atoms with van der Waals surface area (Å²) in [7, 11) is 0. The zero-order valence-electron chi connectivity index (χ0n) is 11.4. The first-order valence-corrected chi connectivity index (χ1v) is 7.68. The molecule has 2 aliphatic rings. The molecule has 1 atom stereocenters. The van der Waals surface area contributed by atoms with Crippen molar-refractivity contribution in [2.24, 2.45) is 5.92 Å². The topological polar surface area (TPSA) is 72.5 Å². The number of anilines is 1. The number of nitrogens with one attached hydrogen (secondary N) is 1. The third-order valence-corrected chi connectivity index (χ3v) is 4.43. The van der Waals surface area contributed by atoms with Crippen molar-refractivity contribution in [3.05, 3.63) is 27.7 Å². The van der Waals surface area contributed by atoms with E-state index in [0.717, 1.165) is 22.9 Å². The number of benzene rings is 1. The molecule has 3 rings (SSSR count). The van der Waals surface area contributed by atoms with Gasteiger partial charge in [-0.3, -0.25) is 14.4 Å². The molecule has 1 aliphatic heterocycles. The Hall–Kier alpha value is -1.69. The number of carbonyl (C=O) groups excluding carboxylic acids is 3. The predicted molar refractivity (Wildman–Crippen MR) is 79.2 cm³/mol. The Bertz CT molecular complexity index is 651. The summed E-state index contributed by atoms with van der Waals surface area (Å²) in [5, 5.41) is 2.72. The molecule has 1 unspecified atom stereocenters. The monoisotopic (exact) mass is 351 g/mol. The Balaban J connectivity index is 2.04. The van der Waals surface area contributed by atoms with Crippen molar-refractivity contribution >= 4 is 39.3 Å². The number of Topliss-reactive ketones (excluding diaryl/α,β-unsaturated/α-hetero) is 1. The zero-order chi connectivity index (χ0) is 15.1. The van der Waals surface area contributed by atoms with E-state index in [9.17, 15) is 14.4 Å². The number of rotatable bonds is 3. The highest BCUT2D eigenvalue weighted by molar-refractivity contribution is 9.10. The van der Waals surface area contributed by atoms with Crippen molar-refractivity contribution in [2.45, 2.75) is 25.7 Å². The quantitative estimate of drug-likeness (QED) is 0.671. The number of esters is 1. The summed E-state index contributed by atoms with van der Waals surface area (Å²) in [5.74, 6) is -2.92. The minimum absolute atomic E-state index is 0.135. The second-order valence-electron chi connectivity index (χ2n) is 5.20. The second kappa shape index (κ2) is 5.26. The lowest BCUT2D eigenvalue weighted by Crippen LogP contribution is -2.41. The molecule has 1 amide bonds. The van der Waals surface area contributed by atoms with Crippen molar-refractivity contribution < 1.29 is 19.1 Å². The lowest BCUT2D eigenvalue weighted by Gasteiger charge is -2.25. The Labute approximate surface area is 130 Å². The minimum atomic E-state index is -1.40. The fraction of sp³-hybridized carbons (Fsp3) is 0.400. The van der Waals surface area contributed by atoms with Crippen LogP contribution in [0.25, 0.3) is 0 Å². The van der Waals surface area contributed by atoms with Gasteiger partial charge in [-0.1, -0.05) is 15.9 Å². The fourth-order valence-electron chi connectivity index (χ4n) is 2.61. The molecule has 0 saturated heterocycles. The van der Waals surface area contributed by atoms with E-state index >= 15 is 0 Å².